The molecule has 0 fully saturated rings. The van der Waals surface area contributed by atoms with Crippen LogP contribution in [0.15, 0.2) is 11.6 Å². The molecular weight excluding hydrogens is 124 g/mol. The predicted molar refractivity (Wildman–Crippen MR) is 42.8 cm³/mol. The fraction of sp³-hybridized carbons (Fsp3) is 0.778. The SMILES string of the molecule is CC(O)C1=CC[C@H](C)CC1. The van der Waals surface area contributed by atoms with Gasteiger partial charge < -0.3 is 5.11 Å². The number of aliphatic hydroxyl groups is 1. The van der Waals surface area contributed by atoms with Gasteiger partial charge in [0.25, 0.3) is 0 Å². The molecule has 10 heavy (non-hydrogen) atoms. The maximum atomic E-state index is 9.20. The minimum absolute atomic E-state index is 0.215. The van der Waals surface area contributed by atoms with Crippen molar-refractivity contribution in [2.45, 2.75) is 39.2 Å². The molecule has 0 saturated carbocycles. The molecule has 0 spiro atoms. The molecule has 0 radical (unpaired) electrons. The Labute approximate surface area is 62.8 Å². The Bertz CT molecular complexity index is 136. The van der Waals surface area contributed by atoms with E-state index in [-0.39, 0.29) is 6.10 Å². The highest BCUT2D eigenvalue weighted by Crippen LogP contribution is 2.24. The van der Waals surface area contributed by atoms with Gasteiger partial charge in [0, 0.05) is 0 Å². The Morgan fingerprint density at radius 3 is 2.80 bits per heavy atom. The second kappa shape index (κ2) is 3.20. The van der Waals surface area contributed by atoms with E-state index in [1.54, 1.807) is 0 Å². The molecule has 1 unspecified atom stereocenters. The van der Waals surface area contributed by atoms with Gasteiger partial charge in [-0.1, -0.05) is 13.0 Å². The number of hydrogen-bond acceptors (Lipinski definition) is 1. The van der Waals surface area contributed by atoms with E-state index < -0.39 is 0 Å². The van der Waals surface area contributed by atoms with Gasteiger partial charge in [-0.05, 0) is 37.7 Å². The quantitative estimate of drug-likeness (QED) is 0.553. The summed E-state index contributed by atoms with van der Waals surface area (Å²) in [4.78, 5) is 0. The van der Waals surface area contributed by atoms with Gasteiger partial charge in [-0.25, -0.2) is 0 Å². The van der Waals surface area contributed by atoms with E-state index in [1.165, 1.54) is 12.0 Å². The molecule has 1 aliphatic rings. The lowest BCUT2D eigenvalue weighted by Gasteiger charge is -2.19. The van der Waals surface area contributed by atoms with Crippen molar-refractivity contribution in [3.63, 3.8) is 0 Å². The van der Waals surface area contributed by atoms with Gasteiger partial charge in [-0.3, -0.25) is 0 Å². The standard InChI is InChI=1S/C9H16O/c1-7-3-5-9(6-4-7)8(2)10/h5,7-8,10H,3-4,6H2,1-2H3/t7-,8?/m0/s1. The zero-order chi connectivity index (χ0) is 7.56. The summed E-state index contributed by atoms with van der Waals surface area (Å²) in [5.74, 6) is 0.822. The summed E-state index contributed by atoms with van der Waals surface area (Å²) in [6, 6.07) is 0. The molecule has 0 aromatic heterocycles. The summed E-state index contributed by atoms with van der Waals surface area (Å²) in [5, 5.41) is 9.20. The van der Waals surface area contributed by atoms with E-state index in [0.717, 1.165) is 18.8 Å². The molecule has 0 aliphatic heterocycles. The Kier molecular flexibility index (Phi) is 2.50. The summed E-state index contributed by atoms with van der Waals surface area (Å²) >= 11 is 0. The van der Waals surface area contributed by atoms with Crippen molar-refractivity contribution < 1.29 is 5.11 Å². The van der Waals surface area contributed by atoms with Crippen LogP contribution in [-0.4, -0.2) is 11.2 Å². The van der Waals surface area contributed by atoms with E-state index in [2.05, 4.69) is 13.0 Å². The van der Waals surface area contributed by atoms with Crippen LogP contribution in [0.5, 0.6) is 0 Å². The van der Waals surface area contributed by atoms with E-state index in [0.29, 0.717) is 0 Å². The van der Waals surface area contributed by atoms with Crippen molar-refractivity contribution in [1.82, 2.24) is 0 Å². The predicted octanol–water partition coefficient (Wildman–Crippen LogP) is 2.11. The van der Waals surface area contributed by atoms with Crippen LogP contribution in [-0.2, 0) is 0 Å². The van der Waals surface area contributed by atoms with Gasteiger partial charge in [0.1, 0.15) is 0 Å². The first-order valence-corrected chi connectivity index (χ1v) is 4.07. The smallest absolute Gasteiger partial charge is 0.0721 e. The third kappa shape index (κ3) is 1.84. The van der Waals surface area contributed by atoms with Crippen LogP contribution in [0.4, 0.5) is 0 Å². The minimum atomic E-state index is -0.215. The average molecular weight is 140 g/mol. The second-order valence-corrected chi connectivity index (χ2v) is 3.33. The fourth-order valence-corrected chi connectivity index (χ4v) is 1.36. The number of hydrogen-bond donors (Lipinski definition) is 1. The molecule has 58 valence electrons. The lowest BCUT2D eigenvalue weighted by Crippen LogP contribution is -2.10. The number of allylic oxidation sites excluding steroid dienone is 1. The monoisotopic (exact) mass is 140 g/mol. The van der Waals surface area contributed by atoms with Crippen molar-refractivity contribution in [2.75, 3.05) is 0 Å². The molecular formula is C9H16O. The Balaban J connectivity index is 2.48. The zero-order valence-electron chi connectivity index (χ0n) is 6.80. The van der Waals surface area contributed by atoms with Gasteiger partial charge in [0.05, 0.1) is 6.10 Å². The molecule has 0 bridgehead atoms. The first kappa shape index (κ1) is 7.80. The largest absolute Gasteiger partial charge is 0.389 e. The second-order valence-electron chi connectivity index (χ2n) is 3.33. The molecule has 1 heteroatoms. The molecule has 0 heterocycles. The maximum Gasteiger partial charge on any atom is 0.0721 e. The third-order valence-corrected chi connectivity index (χ3v) is 2.24. The molecule has 1 aliphatic carbocycles. The molecule has 1 N–H and O–H groups in total. The number of rotatable bonds is 1. The van der Waals surface area contributed by atoms with Gasteiger partial charge >= 0.3 is 0 Å². The summed E-state index contributed by atoms with van der Waals surface area (Å²) in [6.45, 7) is 4.11. The molecule has 0 aromatic carbocycles. The summed E-state index contributed by atoms with van der Waals surface area (Å²) in [6.07, 6.45) is 5.47. The highest BCUT2D eigenvalue weighted by Gasteiger charge is 2.12. The minimum Gasteiger partial charge on any atom is -0.389 e. The highest BCUT2D eigenvalue weighted by molar-refractivity contribution is 5.09. The summed E-state index contributed by atoms with van der Waals surface area (Å²) < 4.78 is 0. The van der Waals surface area contributed by atoms with Gasteiger partial charge in [0.2, 0.25) is 0 Å². The summed E-state index contributed by atoms with van der Waals surface area (Å²) in [5.41, 5.74) is 1.23. The van der Waals surface area contributed by atoms with Crippen LogP contribution in [0.1, 0.15) is 33.1 Å². The normalized spacial score (nSPS) is 29.5. The van der Waals surface area contributed by atoms with Gasteiger partial charge in [-0.2, -0.15) is 0 Å². The van der Waals surface area contributed by atoms with Crippen LogP contribution in [0.3, 0.4) is 0 Å². The van der Waals surface area contributed by atoms with Crippen molar-refractivity contribution in [3.8, 4) is 0 Å². The van der Waals surface area contributed by atoms with Crippen LogP contribution in [0.25, 0.3) is 0 Å². The number of aliphatic hydroxyl groups excluding tert-OH is 1. The third-order valence-electron chi connectivity index (χ3n) is 2.24. The first-order valence-electron chi connectivity index (χ1n) is 4.07. The van der Waals surface area contributed by atoms with Crippen molar-refractivity contribution in [2.24, 2.45) is 5.92 Å². The molecule has 1 nitrogen and oxygen atoms in total. The summed E-state index contributed by atoms with van der Waals surface area (Å²) in [7, 11) is 0. The van der Waals surface area contributed by atoms with Crippen molar-refractivity contribution >= 4 is 0 Å². The molecule has 0 aromatic rings. The highest BCUT2D eigenvalue weighted by atomic mass is 16.3. The topological polar surface area (TPSA) is 20.2 Å². The lowest BCUT2D eigenvalue weighted by atomic mass is 9.89. The Hall–Kier alpha value is -0.300. The van der Waals surface area contributed by atoms with Crippen molar-refractivity contribution in [1.29, 1.82) is 0 Å². The van der Waals surface area contributed by atoms with E-state index in [4.69, 9.17) is 0 Å². The fourth-order valence-electron chi connectivity index (χ4n) is 1.36. The maximum absolute atomic E-state index is 9.20. The van der Waals surface area contributed by atoms with E-state index >= 15 is 0 Å². The van der Waals surface area contributed by atoms with Crippen molar-refractivity contribution in [3.05, 3.63) is 11.6 Å². The Morgan fingerprint density at radius 1 is 1.70 bits per heavy atom. The van der Waals surface area contributed by atoms with Crippen LogP contribution in [0.2, 0.25) is 0 Å². The Morgan fingerprint density at radius 2 is 2.40 bits per heavy atom. The lowest BCUT2D eigenvalue weighted by molar-refractivity contribution is 0.221. The first-order chi connectivity index (χ1) is 4.70. The molecule has 0 amide bonds. The van der Waals surface area contributed by atoms with Gasteiger partial charge in [0.15, 0.2) is 0 Å². The average Bonchev–Trinajstić information content (AvgIpc) is 1.88. The van der Waals surface area contributed by atoms with Gasteiger partial charge in [-0.15, -0.1) is 0 Å². The van der Waals surface area contributed by atoms with E-state index in [9.17, 15) is 5.11 Å². The zero-order valence-corrected chi connectivity index (χ0v) is 6.80. The van der Waals surface area contributed by atoms with Crippen LogP contribution in [0, 0.1) is 5.92 Å². The van der Waals surface area contributed by atoms with E-state index in [1.807, 2.05) is 6.92 Å². The molecule has 2 atom stereocenters. The van der Waals surface area contributed by atoms with Crippen LogP contribution >= 0.6 is 0 Å². The molecule has 0 saturated heterocycles. The molecule has 1 rings (SSSR count). The van der Waals surface area contributed by atoms with Crippen LogP contribution < -0.4 is 0 Å².